The highest BCUT2D eigenvalue weighted by Crippen LogP contribution is 2.44. The Balaban J connectivity index is 1.69. The van der Waals surface area contributed by atoms with Crippen molar-refractivity contribution in [3.05, 3.63) is 23.8 Å². The van der Waals surface area contributed by atoms with E-state index in [1.807, 2.05) is 0 Å². The van der Waals surface area contributed by atoms with Gasteiger partial charge in [0, 0.05) is 18.9 Å². The fraction of sp³-hybridized carbons (Fsp3) is 0.739. The Morgan fingerprint density at radius 1 is 1.38 bits per heavy atom. The van der Waals surface area contributed by atoms with E-state index in [0.29, 0.717) is 25.2 Å². The van der Waals surface area contributed by atoms with Gasteiger partial charge in [-0.2, -0.15) is 0 Å². The van der Waals surface area contributed by atoms with Crippen LogP contribution in [0.3, 0.4) is 0 Å². The minimum absolute atomic E-state index is 0.0239. The zero-order valence-electron chi connectivity index (χ0n) is 17.5. The van der Waals surface area contributed by atoms with Gasteiger partial charge in [0.05, 0.1) is 18.4 Å². The van der Waals surface area contributed by atoms with Crippen LogP contribution < -0.4 is 0 Å². The fourth-order valence-corrected chi connectivity index (χ4v) is 4.95. The van der Waals surface area contributed by atoms with Crippen LogP contribution in [0.5, 0.6) is 0 Å². The number of carbonyl (C=O) groups is 2. The lowest BCUT2D eigenvalue weighted by Crippen LogP contribution is -2.41. The maximum absolute atomic E-state index is 12.5. The van der Waals surface area contributed by atoms with Gasteiger partial charge in [-0.1, -0.05) is 32.1 Å². The second kappa shape index (κ2) is 9.90. The molecule has 2 aliphatic carbocycles. The average Bonchev–Trinajstić information content (AvgIpc) is 2.67. The van der Waals surface area contributed by atoms with E-state index in [4.69, 9.17) is 14.6 Å². The van der Waals surface area contributed by atoms with E-state index in [1.54, 1.807) is 6.92 Å². The van der Waals surface area contributed by atoms with Crippen LogP contribution in [0.25, 0.3) is 0 Å². The highest BCUT2D eigenvalue weighted by Gasteiger charge is 2.41. The normalized spacial score (nSPS) is 35.3. The number of aliphatic hydroxyl groups excluding tert-OH is 2. The molecule has 29 heavy (non-hydrogen) atoms. The highest BCUT2D eigenvalue weighted by molar-refractivity contribution is 5.72. The first kappa shape index (κ1) is 22.0. The number of rotatable bonds is 7. The molecular formula is C23H34O6. The van der Waals surface area contributed by atoms with Gasteiger partial charge in [-0.3, -0.25) is 9.59 Å². The first-order valence-corrected chi connectivity index (χ1v) is 11.0. The Bertz CT molecular complexity index is 654. The Morgan fingerprint density at radius 2 is 2.17 bits per heavy atom. The van der Waals surface area contributed by atoms with Gasteiger partial charge in [-0.15, -0.1) is 0 Å². The molecule has 1 aliphatic heterocycles. The molecule has 3 aliphatic rings. The molecule has 6 nitrogen and oxygen atoms in total. The minimum Gasteiger partial charge on any atom is -0.462 e. The van der Waals surface area contributed by atoms with Crippen LogP contribution in [0.4, 0.5) is 0 Å². The van der Waals surface area contributed by atoms with Gasteiger partial charge in [0.2, 0.25) is 0 Å². The van der Waals surface area contributed by atoms with Crippen molar-refractivity contribution in [3.8, 4) is 0 Å². The topological polar surface area (TPSA) is 93.1 Å². The van der Waals surface area contributed by atoms with Crippen LogP contribution in [-0.4, -0.2) is 47.1 Å². The molecule has 0 saturated carbocycles. The molecule has 0 aromatic carbocycles. The second-order valence-corrected chi connectivity index (χ2v) is 8.86. The monoisotopic (exact) mass is 406 g/mol. The van der Waals surface area contributed by atoms with E-state index in [1.165, 1.54) is 5.57 Å². The fourth-order valence-electron chi connectivity index (χ4n) is 4.95. The molecule has 7 atom stereocenters. The van der Waals surface area contributed by atoms with Crippen molar-refractivity contribution in [3.63, 3.8) is 0 Å². The lowest BCUT2D eigenvalue weighted by molar-refractivity contribution is -0.162. The van der Waals surface area contributed by atoms with Gasteiger partial charge in [-0.25, -0.2) is 0 Å². The third-order valence-corrected chi connectivity index (χ3v) is 6.63. The molecule has 162 valence electrons. The average molecular weight is 407 g/mol. The molecule has 1 heterocycles. The largest absolute Gasteiger partial charge is 0.462 e. The van der Waals surface area contributed by atoms with Crippen LogP contribution in [0, 0.1) is 23.7 Å². The van der Waals surface area contributed by atoms with E-state index in [0.717, 1.165) is 19.3 Å². The lowest BCUT2D eigenvalue weighted by atomic mass is 9.66. The van der Waals surface area contributed by atoms with E-state index in [9.17, 15) is 14.7 Å². The summed E-state index contributed by atoms with van der Waals surface area (Å²) in [4.78, 5) is 24.1. The van der Waals surface area contributed by atoms with Crippen molar-refractivity contribution in [2.24, 2.45) is 23.7 Å². The molecule has 3 rings (SSSR count). The van der Waals surface area contributed by atoms with Crippen molar-refractivity contribution in [2.75, 3.05) is 6.61 Å². The maximum Gasteiger partial charge on any atom is 0.309 e. The Morgan fingerprint density at radius 3 is 2.90 bits per heavy atom. The smallest absolute Gasteiger partial charge is 0.309 e. The van der Waals surface area contributed by atoms with Crippen molar-refractivity contribution >= 4 is 11.9 Å². The van der Waals surface area contributed by atoms with Crippen molar-refractivity contribution < 1.29 is 29.3 Å². The van der Waals surface area contributed by atoms with E-state index in [-0.39, 0.29) is 54.9 Å². The third kappa shape index (κ3) is 5.48. The number of hydrogen-bond donors (Lipinski definition) is 2. The van der Waals surface area contributed by atoms with Crippen LogP contribution in [0.15, 0.2) is 23.8 Å². The zero-order valence-corrected chi connectivity index (χ0v) is 17.5. The summed E-state index contributed by atoms with van der Waals surface area (Å²) in [6.07, 6.45) is 9.82. The van der Waals surface area contributed by atoms with Gasteiger partial charge < -0.3 is 19.7 Å². The molecule has 1 fully saturated rings. The first-order valence-electron chi connectivity index (χ1n) is 11.0. The molecule has 0 unspecified atom stereocenters. The number of ether oxygens (including phenoxy) is 2. The highest BCUT2D eigenvalue weighted by atomic mass is 16.5. The van der Waals surface area contributed by atoms with Crippen LogP contribution in [-0.2, 0) is 19.1 Å². The van der Waals surface area contributed by atoms with Crippen LogP contribution in [0.1, 0.15) is 58.8 Å². The molecular weight excluding hydrogens is 372 g/mol. The Labute approximate surface area is 173 Å². The van der Waals surface area contributed by atoms with Crippen molar-refractivity contribution in [1.29, 1.82) is 0 Å². The van der Waals surface area contributed by atoms with E-state index < -0.39 is 6.10 Å². The molecule has 6 heteroatoms. The molecule has 0 aromatic rings. The van der Waals surface area contributed by atoms with Gasteiger partial charge in [0.1, 0.15) is 12.2 Å². The summed E-state index contributed by atoms with van der Waals surface area (Å²) in [6.45, 7) is 3.95. The number of carbonyl (C=O) groups excluding carboxylic acids is 2. The predicted molar refractivity (Wildman–Crippen MR) is 108 cm³/mol. The molecule has 0 radical (unpaired) electrons. The second-order valence-electron chi connectivity index (χ2n) is 8.86. The van der Waals surface area contributed by atoms with E-state index in [2.05, 4.69) is 25.2 Å². The van der Waals surface area contributed by atoms with Gasteiger partial charge in [-0.05, 0) is 49.5 Å². The first-order chi connectivity index (χ1) is 13.9. The molecule has 0 amide bonds. The number of cyclic esters (lactones) is 1. The van der Waals surface area contributed by atoms with Gasteiger partial charge in [0.25, 0.3) is 0 Å². The predicted octanol–water partition coefficient (Wildman–Crippen LogP) is 2.92. The van der Waals surface area contributed by atoms with E-state index >= 15 is 0 Å². The number of hydrogen-bond acceptors (Lipinski definition) is 6. The summed E-state index contributed by atoms with van der Waals surface area (Å²) < 4.78 is 11.4. The summed E-state index contributed by atoms with van der Waals surface area (Å²) in [7, 11) is 0. The molecule has 0 aromatic heterocycles. The number of aliphatic hydroxyl groups is 2. The Hall–Kier alpha value is -1.66. The van der Waals surface area contributed by atoms with Crippen LogP contribution in [0.2, 0.25) is 0 Å². The molecule has 0 bridgehead atoms. The number of fused-ring (bicyclic) bond motifs is 1. The quantitative estimate of drug-likeness (QED) is 0.632. The number of allylic oxidation sites excluding steroid dienone is 3. The SMILES string of the molecule is C[C@@H](CCO)C(=O)O[C@H]1CCC=C2C=C[C@H](C)[C@H](CC[C@@H]3C[C@@H](O)CC(=O)O3)[C@H]21. The summed E-state index contributed by atoms with van der Waals surface area (Å²) in [5, 5.41) is 19.0. The van der Waals surface area contributed by atoms with Gasteiger partial charge in [0.15, 0.2) is 0 Å². The third-order valence-electron chi connectivity index (χ3n) is 6.63. The summed E-state index contributed by atoms with van der Waals surface area (Å²) >= 11 is 0. The minimum atomic E-state index is -0.614. The van der Waals surface area contributed by atoms with Crippen molar-refractivity contribution in [1.82, 2.24) is 0 Å². The van der Waals surface area contributed by atoms with Crippen molar-refractivity contribution in [2.45, 2.75) is 77.1 Å². The molecule has 0 spiro atoms. The lowest BCUT2D eigenvalue weighted by Gasteiger charge is -2.42. The summed E-state index contributed by atoms with van der Waals surface area (Å²) in [6, 6.07) is 0. The molecule has 2 N–H and O–H groups in total. The maximum atomic E-state index is 12.5. The van der Waals surface area contributed by atoms with Crippen LogP contribution >= 0.6 is 0 Å². The number of esters is 2. The summed E-state index contributed by atoms with van der Waals surface area (Å²) in [5.74, 6) is -0.125. The Kier molecular flexibility index (Phi) is 7.52. The zero-order chi connectivity index (χ0) is 21.0. The summed E-state index contributed by atoms with van der Waals surface area (Å²) in [5.41, 5.74) is 1.23. The van der Waals surface area contributed by atoms with Gasteiger partial charge >= 0.3 is 11.9 Å². The standard InChI is InChI=1S/C23H34O6/c1-14-6-7-16-4-3-5-20(29-23(27)15(2)10-11-24)22(16)19(14)9-8-18-12-17(25)13-21(26)28-18/h4,6-7,14-15,17-20,22,24-25H,3,5,8-13H2,1-2H3/t14-,15-,17+,18+,19-,20-,22-/m0/s1. The molecule has 1 saturated heterocycles.